The molecule has 0 bridgehead atoms. The lowest BCUT2D eigenvalue weighted by Gasteiger charge is -2.28. The van der Waals surface area contributed by atoms with Crippen molar-refractivity contribution in [2.75, 3.05) is 0 Å². The molecule has 0 heterocycles. The van der Waals surface area contributed by atoms with E-state index in [4.69, 9.17) is 0 Å². The van der Waals surface area contributed by atoms with Crippen LogP contribution in [-0.2, 0) is 0 Å². The average molecular weight is 317 g/mol. The zero-order valence-electron chi connectivity index (χ0n) is 12.8. The van der Waals surface area contributed by atoms with E-state index in [1.54, 1.807) is 0 Å². The van der Waals surface area contributed by atoms with E-state index in [0.717, 1.165) is 12.3 Å². The van der Waals surface area contributed by atoms with E-state index in [1.807, 2.05) is 0 Å². The van der Waals surface area contributed by atoms with Crippen LogP contribution in [0.2, 0.25) is 0 Å². The fourth-order valence-corrected chi connectivity index (χ4v) is 2.88. The number of hydrogen-bond donors (Lipinski definition) is 0. The Labute approximate surface area is 124 Å². The van der Waals surface area contributed by atoms with Crippen LogP contribution in [0.1, 0.15) is 85.0 Å². The van der Waals surface area contributed by atoms with Crippen LogP contribution in [0.25, 0.3) is 0 Å². The molecule has 0 N–H and O–H groups in total. The highest BCUT2D eigenvalue weighted by molar-refractivity contribution is 9.10. The molecule has 0 saturated heterocycles. The number of unbranched alkanes of at least 4 members (excludes halogenated alkanes) is 7. The van der Waals surface area contributed by atoms with Crippen molar-refractivity contribution < 1.29 is 0 Å². The summed E-state index contributed by atoms with van der Waals surface area (Å²) in [5.41, 5.74) is 0. The molecular weight excluding hydrogens is 284 g/mol. The van der Waals surface area contributed by atoms with Crippen LogP contribution in [0, 0.1) is 5.92 Å². The Bertz CT molecular complexity index is 190. The molecule has 1 heteroatoms. The summed E-state index contributed by atoms with van der Waals surface area (Å²) in [4.78, 5) is 0. The fraction of sp³-hybridized carbons (Fsp3) is 0.882. The number of allylic oxidation sites excluding steroid dienone is 1. The molecule has 0 aliphatic heterocycles. The molecule has 0 aromatic carbocycles. The van der Waals surface area contributed by atoms with Gasteiger partial charge in [0.2, 0.25) is 0 Å². The minimum Gasteiger partial charge on any atom is -0.103 e. The molecular formula is C17H33Br. The van der Waals surface area contributed by atoms with Crippen molar-refractivity contribution in [1.29, 1.82) is 0 Å². The monoisotopic (exact) mass is 316 g/mol. The second-order valence-corrected chi connectivity index (χ2v) is 8.09. The van der Waals surface area contributed by atoms with Crippen LogP contribution in [0.5, 0.6) is 0 Å². The first-order valence-corrected chi connectivity index (χ1v) is 8.61. The lowest BCUT2D eigenvalue weighted by molar-refractivity contribution is 0.386. The Morgan fingerprint density at radius 1 is 1.00 bits per heavy atom. The van der Waals surface area contributed by atoms with Gasteiger partial charge in [-0.25, -0.2) is 0 Å². The van der Waals surface area contributed by atoms with E-state index in [0.29, 0.717) is 0 Å². The van der Waals surface area contributed by atoms with Gasteiger partial charge in [-0.1, -0.05) is 80.3 Å². The molecule has 0 aromatic heterocycles. The predicted octanol–water partition coefficient (Wildman–Crippen LogP) is 6.88. The molecule has 0 saturated carbocycles. The average Bonchev–Trinajstić information content (AvgIpc) is 2.30. The highest BCUT2D eigenvalue weighted by atomic mass is 79.9. The standard InChI is InChI=1S/C17H33Br/c1-5-7-8-9-10-11-12-13-15-16(14-6-2)17(3,4)18/h6,16H,2,5,7-15H2,1,3-4H3. The van der Waals surface area contributed by atoms with Gasteiger partial charge in [0.05, 0.1) is 0 Å². The third-order valence-electron chi connectivity index (χ3n) is 3.83. The van der Waals surface area contributed by atoms with E-state index >= 15 is 0 Å². The van der Waals surface area contributed by atoms with Crippen LogP contribution < -0.4 is 0 Å². The first-order valence-electron chi connectivity index (χ1n) is 7.82. The van der Waals surface area contributed by atoms with Gasteiger partial charge >= 0.3 is 0 Å². The lowest BCUT2D eigenvalue weighted by Crippen LogP contribution is -2.23. The number of hydrogen-bond acceptors (Lipinski definition) is 0. The van der Waals surface area contributed by atoms with Crippen molar-refractivity contribution in [2.45, 2.75) is 89.3 Å². The van der Waals surface area contributed by atoms with Crippen molar-refractivity contribution in [1.82, 2.24) is 0 Å². The summed E-state index contributed by atoms with van der Waals surface area (Å²) in [6, 6.07) is 0. The zero-order chi connectivity index (χ0) is 13.9. The van der Waals surface area contributed by atoms with Crippen molar-refractivity contribution in [3.05, 3.63) is 12.7 Å². The number of alkyl halides is 1. The first-order chi connectivity index (χ1) is 8.52. The summed E-state index contributed by atoms with van der Waals surface area (Å²) in [6.45, 7) is 10.7. The Balaban J connectivity index is 3.53. The summed E-state index contributed by atoms with van der Waals surface area (Å²) in [6.07, 6.45) is 15.8. The Hall–Kier alpha value is 0.220. The molecule has 0 spiro atoms. The van der Waals surface area contributed by atoms with Crippen LogP contribution >= 0.6 is 15.9 Å². The quantitative estimate of drug-likeness (QED) is 0.209. The maximum absolute atomic E-state index is 3.88. The maximum Gasteiger partial charge on any atom is 0.0232 e. The summed E-state index contributed by atoms with van der Waals surface area (Å²) in [5, 5.41) is 0. The van der Waals surface area contributed by atoms with Crippen molar-refractivity contribution in [3.63, 3.8) is 0 Å². The van der Waals surface area contributed by atoms with Crippen molar-refractivity contribution in [2.24, 2.45) is 5.92 Å². The molecule has 0 aromatic rings. The van der Waals surface area contributed by atoms with Gasteiger partial charge in [0.15, 0.2) is 0 Å². The molecule has 18 heavy (non-hydrogen) atoms. The van der Waals surface area contributed by atoms with E-state index in [2.05, 4.69) is 49.4 Å². The van der Waals surface area contributed by atoms with Crippen LogP contribution in [0.3, 0.4) is 0 Å². The van der Waals surface area contributed by atoms with Gasteiger partial charge < -0.3 is 0 Å². The van der Waals surface area contributed by atoms with Gasteiger partial charge in [0, 0.05) is 4.32 Å². The van der Waals surface area contributed by atoms with E-state index in [1.165, 1.54) is 57.8 Å². The molecule has 0 radical (unpaired) electrons. The molecule has 0 nitrogen and oxygen atoms in total. The van der Waals surface area contributed by atoms with Crippen LogP contribution in [0.15, 0.2) is 12.7 Å². The molecule has 0 rings (SSSR count). The van der Waals surface area contributed by atoms with E-state index in [9.17, 15) is 0 Å². The number of rotatable bonds is 12. The molecule has 0 amide bonds. The van der Waals surface area contributed by atoms with Crippen molar-refractivity contribution in [3.8, 4) is 0 Å². The number of halogens is 1. The largest absolute Gasteiger partial charge is 0.103 e. The first kappa shape index (κ1) is 18.2. The normalized spacial score (nSPS) is 13.6. The SMILES string of the molecule is C=CCC(CCCCCCCCCC)C(C)(C)Br. The van der Waals surface area contributed by atoms with Gasteiger partial charge in [0.1, 0.15) is 0 Å². The fourth-order valence-electron chi connectivity index (χ4n) is 2.47. The van der Waals surface area contributed by atoms with E-state index in [-0.39, 0.29) is 4.32 Å². The topological polar surface area (TPSA) is 0 Å². The second-order valence-electron chi connectivity index (χ2n) is 6.05. The lowest BCUT2D eigenvalue weighted by atomic mass is 9.87. The minimum absolute atomic E-state index is 0.252. The highest BCUT2D eigenvalue weighted by Gasteiger charge is 2.24. The zero-order valence-corrected chi connectivity index (χ0v) is 14.4. The van der Waals surface area contributed by atoms with Crippen LogP contribution in [-0.4, -0.2) is 4.32 Å². The molecule has 108 valence electrons. The Morgan fingerprint density at radius 3 is 1.94 bits per heavy atom. The van der Waals surface area contributed by atoms with Crippen molar-refractivity contribution >= 4 is 15.9 Å². The Kier molecular flexibility index (Phi) is 11.2. The van der Waals surface area contributed by atoms with Gasteiger partial charge in [-0.05, 0) is 32.6 Å². The molecule has 1 unspecified atom stereocenters. The van der Waals surface area contributed by atoms with Gasteiger partial charge in [-0.15, -0.1) is 6.58 Å². The maximum atomic E-state index is 3.88. The molecule has 0 aliphatic carbocycles. The highest BCUT2D eigenvalue weighted by Crippen LogP contribution is 2.33. The summed E-state index contributed by atoms with van der Waals surface area (Å²) in [5.74, 6) is 0.732. The summed E-state index contributed by atoms with van der Waals surface area (Å²) in [7, 11) is 0. The summed E-state index contributed by atoms with van der Waals surface area (Å²) >= 11 is 3.81. The molecule has 0 fully saturated rings. The van der Waals surface area contributed by atoms with Gasteiger partial charge in [0.25, 0.3) is 0 Å². The molecule has 1 atom stereocenters. The smallest absolute Gasteiger partial charge is 0.0232 e. The molecule has 0 aliphatic rings. The second kappa shape index (κ2) is 11.1. The Morgan fingerprint density at radius 2 is 1.50 bits per heavy atom. The van der Waals surface area contributed by atoms with Crippen LogP contribution in [0.4, 0.5) is 0 Å². The van der Waals surface area contributed by atoms with E-state index < -0.39 is 0 Å². The predicted molar refractivity (Wildman–Crippen MR) is 88.5 cm³/mol. The third-order valence-corrected chi connectivity index (χ3v) is 4.48. The van der Waals surface area contributed by atoms with Gasteiger partial charge in [-0.2, -0.15) is 0 Å². The minimum atomic E-state index is 0.252. The van der Waals surface area contributed by atoms with Gasteiger partial charge in [-0.3, -0.25) is 0 Å². The summed E-state index contributed by atoms with van der Waals surface area (Å²) < 4.78 is 0.252. The third kappa shape index (κ3) is 10.2.